The van der Waals surface area contributed by atoms with E-state index in [0.717, 1.165) is 36.8 Å². The van der Waals surface area contributed by atoms with Crippen LogP contribution in [-0.2, 0) is 14.3 Å². The van der Waals surface area contributed by atoms with Crippen LogP contribution in [0, 0.1) is 33.0 Å². The molecule has 0 spiro atoms. The van der Waals surface area contributed by atoms with Gasteiger partial charge >= 0.3 is 5.97 Å². The lowest BCUT2D eigenvalue weighted by atomic mass is 9.32. The zero-order valence-electron chi connectivity index (χ0n) is 23.2. The Morgan fingerprint density at radius 2 is 1.64 bits per heavy atom. The summed E-state index contributed by atoms with van der Waals surface area (Å²) in [5.41, 5.74) is 1.31. The van der Waals surface area contributed by atoms with Crippen molar-refractivity contribution in [1.82, 2.24) is 0 Å². The number of rotatable bonds is 1. The zero-order valence-corrected chi connectivity index (χ0v) is 23.2. The lowest BCUT2D eigenvalue weighted by molar-refractivity contribution is -0.244. The molecule has 0 radical (unpaired) electrons. The molecule has 7 unspecified atom stereocenters. The maximum absolute atomic E-state index is 13.0. The third-order valence-electron chi connectivity index (χ3n) is 12.1. The first-order chi connectivity index (χ1) is 16.5. The van der Waals surface area contributed by atoms with Gasteiger partial charge in [0.2, 0.25) is 5.78 Å². The fourth-order valence-corrected chi connectivity index (χ4v) is 9.46. The SMILES string of the molecule is COC(=O)C1(C)CC2C(C)(CCC3(C)C4=CC=C5C(=CC(=O)C(O)=C5C)C4(C)CCC23C)C(C)(O)C1. The molecule has 0 heterocycles. The van der Waals surface area contributed by atoms with Crippen molar-refractivity contribution in [3.63, 3.8) is 0 Å². The average molecular weight is 495 g/mol. The summed E-state index contributed by atoms with van der Waals surface area (Å²) < 4.78 is 5.25. The average Bonchev–Trinajstić information content (AvgIpc) is 2.80. The summed E-state index contributed by atoms with van der Waals surface area (Å²) in [5, 5.41) is 22.2. The van der Waals surface area contributed by atoms with Crippen LogP contribution >= 0.6 is 0 Å². The predicted octanol–water partition coefficient (Wildman–Crippen LogP) is 6.15. The van der Waals surface area contributed by atoms with Crippen LogP contribution in [0.15, 0.2) is 46.3 Å². The molecule has 3 saturated carbocycles. The number of hydrogen-bond donors (Lipinski definition) is 2. The number of ether oxygens (including phenoxy) is 1. The molecule has 0 bridgehead atoms. The number of aliphatic hydroxyl groups excluding tert-OH is 1. The number of carbonyl (C=O) groups is 2. The Hall–Kier alpha value is -2.14. The van der Waals surface area contributed by atoms with Crippen molar-refractivity contribution in [2.75, 3.05) is 7.11 Å². The molecule has 5 rings (SSSR count). The minimum Gasteiger partial charge on any atom is -0.504 e. The lowest BCUT2D eigenvalue weighted by Gasteiger charge is -2.72. The highest BCUT2D eigenvalue weighted by atomic mass is 16.5. The second kappa shape index (κ2) is 7.24. The second-order valence-electron chi connectivity index (χ2n) is 13.8. The predicted molar refractivity (Wildman–Crippen MR) is 139 cm³/mol. The number of allylic oxidation sites excluding steroid dienone is 7. The van der Waals surface area contributed by atoms with Crippen molar-refractivity contribution in [2.24, 2.45) is 33.0 Å². The quantitative estimate of drug-likeness (QED) is 0.427. The summed E-state index contributed by atoms with van der Waals surface area (Å²) in [6.45, 7) is 15.0. The molecule has 7 atom stereocenters. The van der Waals surface area contributed by atoms with E-state index in [1.54, 1.807) is 6.08 Å². The second-order valence-corrected chi connectivity index (χ2v) is 13.8. The molecule has 3 fully saturated rings. The van der Waals surface area contributed by atoms with Crippen LogP contribution < -0.4 is 0 Å². The van der Waals surface area contributed by atoms with E-state index >= 15 is 0 Å². The molecule has 0 aliphatic heterocycles. The molecule has 2 N–H and O–H groups in total. The summed E-state index contributed by atoms with van der Waals surface area (Å²) in [6.07, 6.45) is 10.7. The molecule has 0 aromatic carbocycles. The first-order valence-electron chi connectivity index (χ1n) is 13.4. The van der Waals surface area contributed by atoms with E-state index in [1.807, 2.05) is 20.8 Å². The van der Waals surface area contributed by atoms with Gasteiger partial charge in [0.25, 0.3) is 0 Å². The van der Waals surface area contributed by atoms with E-state index in [0.29, 0.717) is 18.4 Å². The minimum absolute atomic E-state index is 0.125. The molecule has 36 heavy (non-hydrogen) atoms. The molecule has 0 amide bonds. The van der Waals surface area contributed by atoms with Crippen molar-refractivity contribution >= 4 is 11.8 Å². The van der Waals surface area contributed by atoms with Gasteiger partial charge in [0.1, 0.15) is 0 Å². The lowest BCUT2D eigenvalue weighted by Crippen LogP contribution is -2.68. The molecule has 5 aliphatic carbocycles. The zero-order chi connectivity index (χ0) is 26.7. The normalized spacial score (nSPS) is 48.0. The van der Waals surface area contributed by atoms with Gasteiger partial charge in [0.05, 0.1) is 18.1 Å². The number of hydrogen-bond acceptors (Lipinski definition) is 5. The highest BCUT2D eigenvalue weighted by molar-refractivity contribution is 6.06. The van der Waals surface area contributed by atoms with Crippen molar-refractivity contribution in [1.29, 1.82) is 0 Å². The van der Waals surface area contributed by atoms with E-state index in [-0.39, 0.29) is 45.1 Å². The molecular formula is C31H42O5. The number of fused-ring (bicyclic) bond motifs is 7. The van der Waals surface area contributed by atoms with Gasteiger partial charge in [-0.3, -0.25) is 9.59 Å². The maximum Gasteiger partial charge on any atom is 0.311 e. The Kier molecular flexibility index (Phi) is 5.13. The van der Waals surface area contributed by atoms with Gasteiger partial charge in [0.15, 0.2) is 5.76 Å². The Bertz CT molecular complexity index is 1200. The van der Waals surface area contributed by atoms with Crippen LogP contribution in [0.1, 0.15) is 87.0 Å². The number of esters is 1. The van der Waals surface area contributed by atoms with Gasteiger partial charge in [-0.15, -0.1) is 0 Å². The van der Waals surface area contributed by atoms with Gasteiger partial charge in [-0.2, -0.15) is 0 Å². The Morgan fingerprint density at radius 1 is 1.00 bits per heavy atom. The summed E-state index contributed by atoms with van der Waals surface area (Å²) >= 11 is 0. The Labute approximate surface area is 215 Å². The third-order valence-corrected chi connectivity index (χ3v) is 12.1. The van der Waals surface area contributed by atoms with Gasteiger partial charge in [-0.1, -0.05) is 45.4 Å². The number of ketones is 1. The molecule has 0 saturated heterocycles. The molecule has 196 valence electrons. The summed E-state index contributed by atoms with van der Waals surface area (Å²) in [6, 6.07) is 0. The van der Waals surface area contributed by atoms with Crippen molar-refractivity contribution in [3.05, 3.63) is 46.3 Å². The first-order valence-corrected chi connectivity index (χ1v) is 13.4. The van der Waals surface area contributed by atoms with Crippen LogP contribution in [0.25, 0.3) is 0 Å². The minimum atomic E-state index is -0.990. The van der Waals surface area contributed by atoms with E-state index in [2.05, 4.69) is 39.8 Å². The molecule has 5 heteroatoms. The van der Waals surface area contributed by atoms with Crippen molar-refractivity contribution in [3.8, 4) is 0 Å². The summed E-state index contributed by atoms with van der Waals surface area (Å²) in [7, 11) is 1.44. The van der Waals surface area contributed by atoms with E-state index in [9.17, 15) is 19.8 Å². The topological polar surface area (TPSA) is 83.8 Å². The first kappa shape index (κ1) is 25.5. The van der Waals surface area contributed by atoms with Crippen molar-refractivity contribution < 1.29 is 24.5 Å². The molecule has 5 nitrogen and oxygen atoms in total. The molecule has 0 aromatic heterocycles. The van der Waals surface area contributed by atoms with E-state index in [1.165, 1.54) is 12.7 Å². The standard InChI is InChI=1S/C31H42O5/c1-18-19-9-10-22-27(3,20(19)15-21(32)24(18)33)11-12-29(5)23-16-26(2,25(34)36-8)17-31(7,35)30(23,6)14-13-28(22,29)4/h9-10,15,23,33,35H,11-14,16-17H2,1-8H3. The molecule has 5 aliphatic rings. The van der Waals surface area contributed by atoms with Crippen LogP contribution in [0.5, 0.6) is 0 Å². The fourth-order valence-electron chi connectivity index (χ4n) is 9.46. The van der Waals surface area contributed by atoms with Gasteiger partial charge in [-0.25, -0.2) is 0 Å². The summed E-state index contributed by atoms with van der Waals surface area (Å²) in [4.78, 5) is 25.7. The number of methoxy groups -OCH3 is 1. The smallest absolute Gasteiger partial charge is 0.311 e. The monoisotopic (exact) mass is 494 g/mol. The highest BCUT2D eigenvalue weighted by Crippen LogP contribution is 2.76. The third kappa shape index (κ3) is 2.81. The van der Waals surface area contributed by atoms with E-state index in [4.69, 9.17) is 4.74 Å². The van der Waals surface area contributed by atoms with E-state index < -0.39 is 11.0 Å². The fraction of sp³-hybridized carbons (Fsp3) is 0.677. The highest BCUT2D eigenvalue weighted by Gasteiger charge is 2.71. The number of aliphatic hydroxyl groups is 2. The number of carbonyl (C=O) groups excluding carboxylic acids is 2. The maximum atomic E-state index is 13.0. The van der Waals surface area contributed by atoms with Crippen molar-refractivity contribution in [2.45, 2.75) is 92.6 Å². The molecular weight excluding hydrogens is 452 g/mol. The van der Waals surface area contributed by atoms with Crippen LogP contribution in [0.4, 0.5) is 0 Å². The van der Waals surface area contributed by atoms with Gasteiger partial charge < -0.3 is 14.9 Å². The summed E-state index contributed by atoms with van der Waals surface area (Å²) in [5.74, 6) is -0.579. The Balaban J connectivity index is 1.67. The molecule has 0 aromatic rings. The largest absolute Gasteiger partial charge is 0.504 e. The van der Waals surface area contributed by atoms with Crippen LogP contribution in [-0.4, -0.2) is 34.7 Å². The van der Waals surface area contributed by atoms with Crippen LogP contribution in [0.3, 0.4) is 0 Å². The Morgan fingerprint density at radius 3 is 2.28 bits per heavy atom. The van der Waals surface area contributed by atoms with Crippen LogP contribution in [0.2, 0.25) is 0 Å². The van der Waals surface area contributed by atoms with Gasteiger partial charge in [-0.05, 0) is 98.7 Å². The van der Waals surface area contributed by atoms with Gasteiger partial charge in [0, 0.05) is 11.0 Å².